The summed E-state index contributed by atoms with van der Waals surface area (Å²) in [5, 5.41) is 9.91. The number of ether oxygens (including phenoxy) is 1. The standard InChI is InChI=1S/C24H24N4OS/c1-2-29-22-13-11-21(12-14-22)28-23(18-19-8-4-3-5-9-19)26-27-24(28)30-17-15-20-10-6-7-16-25-20/h3-14,16H,2,15,17-18H2,1H3. The van der Waals surface area contributed by atoms with Crippen LogP contribution in [-0.4, -0.2) is 32.1 Å². The number of pyridine rings is 1. The number of benzene rings is 2. The van der Waals surface area contributed by atoms with E-state index in [4.69, 9.17) is 4.74 Å². The lowest BCUT2D eigenvalue weighted by molar-refractivity contribution is 0.340. The SMILES string of the molecule is CCOc1ccc(-n2c(Cc3ccccc3)nnc2SCCc2ccccn2)cc1. The van der Waals surface area contributed by atoms with Crippen LogP contribution in [0.4, 0.5) is 0 Å². The highest BCUT2D eigenvalue weighted by Crippen LogP contribution is 2.25. The Kier molecular flexibility index (Phi) is 6.77. The van der Waals surface area contributed by atoms with Gasteiger partial charge in [-0.3, -0.25) is 9.55 Å². The van der Waals surface area contributed by atoms with Crippen LogP contribution in [0.5, 0.6) is 5.75 Å². The molecule has 0 radical (unpaired) electrons. The smallest absolute Gasteiger partial charge is 0.195 e. The van der Waals surface area contributed by atoms with Gasteiger partial charge in [0.25, 0.3) is 0 Å². The zero-order chi connectivity index (χ0) is 20.6. The normalized spacial score (nSPS) is 10.8. The molecule has 0 fully saturated rings. The molecule has 4 rings (SSSR count). The maximum atomic E-state index is 5.60. The van der Waals surface area contributed by atoms with E-state index in [2.05, 4.69) is 62.2 Å². The lowest BCUT2D eigenvalue weighted by Gasteiger charge is -2.11. The van der Waals surface area contributed by atoms with Gasteiger partial charge in [-0.1, -0.05) is 48.2 Å². The molecule has 0 saturated heterocycles. The third kappa shape index (κ3) is 5.07. The molecule has 30 heavy (non-hydrogen) atoms. The molecule has 0 N–H and O–H groups in total. The van der Waals surface area contributed by atoms with Crippen LogP contribution in [0.2, 0.25) is 0 Å². The van der Waals surface area contributed by atoms with Crippen LogP contribution in [0.25, 0.3) is 5.69 Å². The predicted molar refractivity (Wildman–Crippen MR) is 120 cm³/mol. The van der Waals surface area contributed by atoms with Crippen molar-refractivity contribution in [3.8, 4) is 11.4 Å². The molecule has 2 aromatic heterocycles. The molecule has 0 atom stereocenters. The second-order valence-electron chi connectivity index (χ2n) is 6.74. The molecule has 0 bridgehead atoms. The van der Waals surface area contributed by atoms with Gasteiger partial charge in [-0.25, -0.2) is 0 Å². The summed E-state index contributed by atoms with van der Waals surface area (Å²) < 4.78 is 7.74. The molecule has 4 aromatic rings. The Morgan fingerprint density at radius 1 is 0.900 bits per heavy atom. The van der Waals surface area contributed by atoms with E-state index in [-0.39, 0.29) is 0 Å². The fourth-order valence-electron chi connectivity index (χ4n) is 3.20. The van der Waals surface area contributed by atoms with Crippen LogP contribution < -0.4 is 4.74 Å². The van der Waals surface area contributed by atoms with Gasteiger partial charge >= 0.3 is 0 Å². The molecule has 0 unspecified atom stereocenters. The summed E-state index contributed by atoms with van der Waals surface area (Å²) in [5.74, 6) is 2.67. The van der Waals surface area contributed by atoms with Gasteiger partial charge in [0.15, 0.2) is 5.16 Å². The zero-order valence-electron chi connectivity index (χ0n) is 16.9. The molecule has 6 heteroatoms. The van der Waals surface area contributed by atoms with Crippen LogP contribution >= 0.6 is 11.8 Å². The third-order valence-electron chi connectivity index (χ3n) is 4.63. The monoisotopic (exact) mass is 416 g/mol. The Morgan fingerprint density at radius 3 is 2.43 bits per heavy atom. The molecule has 0 aliphatic carbocycles. The predicted octanol–water partition coefficient (Wildman–Crippen LogP) is 4.99. The summed E-state index contributed by atoms with van der Waals surface area (Å²) in [6.45, 7) is 2.64. The van der Waals surface area contributed by atoms with E-state index in [1.807, 2.05) is 43.5 Å². The number of hydrogen-bond donors (Lipinski definition) is 0. The molecule has 0 saturated carbocycles. The average molecular weight is 417 g/mol. The summed E-state index contributed by atoms with van der Waals surface area (Å²) in [5.41, 5.74) is 3.33. The molecular formula is C24H24N4OS. The van der Waals surface area contributed by atoms with Crippen molar-refractivity contribution in [2.24, 2.45) is 0 Å². The van der Waals surface area contributed by atoms with Crippen molar-refractivity contribution >= 4 is 11.8 Å². The van der Waals surface area contributed by atoms with Crippen molar-refractivity contribution in [2.75, 3.05) is 12.4 Å². The van der Waals surface area contributed by atoms with Gasteiger partial charge in [0.2, 0.25) is 0 Å². The number of aromatic nitrogens is 4. The Hall–Kier alpha value is -3.12. The molecule has 0 aliphatic heterocycles. The molecule has 2 heterocycles. The Bertz CT molecular complexity index is 1050. The number of rotatable bonds is 9. The van der Waals surface area contributed by atoms with E-state index in [1.54, 1.807) is 11.8 Å². The summed E-state index contributed by atoms with van der Waals surface area (Å²) in [4.78, 5) is 4.41. The molecule has 152 valence electrons. The van der Waals surface area contributed by atoms with E-state index in [9.17, 15) is 0 Å². The maximum Gasteiger partial charge on any atom is 0.195 e. The first kappa shape index (κ1) is 20.2. The van der Waals surface area contributed by atoms with Crippen molar-refractivity contribution < 1.29 is 4.74 Å². The highest BCUT2D eigenvalue weighted by Gasteiger charge is 2.15. The molecule has 0 aliphatic rings. The van der Waals surface area contributed by atoms with E-state index in [0.717, 1.165) is 46.7 Å². The van der Waals surface area contributed by atoms with Crippen LogP contribution in [0.3, 0.4) is 0 Å². The largest absolute Gasteiger partial charge is 0.494 e. The van der Waals surface area contributed by atoms with Gasteiger partial charge in [-0.05, 0) is 55.3 Å². The van der Waals surface area contributed by atoms with Gasteiger partial charge in [0, 0.05) is 29.8 Å². The molecule has 0 spiro atoms. The van der Waals surface area contributed by atoms with Crippen molar-refractivity contribution in [2.45, 2.75) is 24.9 Å². The van der Waals surface area contributed by atoms with Crippen LogP contribution in [0.1, 0.15) is 24.0 Å². The van der Waals surface area contributed by atoms with Gasteiger partial charge in [-0.15, -0.1) is 10.2 Å². The number of thioether (sulfide) groups is 1. The number of aryl methyl sites for hydroxylation is 1. The van der Waals surface area contributed by atoms with Crippen LogP contribution in [0.15, 0.2) is 84.1 Å². The van der Waals surface area contributed by atoms with Crippen molar-refractivity contribution in [1.29, 1.82) is 0 Å². The molecular weight excluding hydrogens is 392 g/mol. The summed E-state index contributed by atoms with van der Waals surface area (Å²) >= 11 is 1.70. The maximum absolute atomic E-state index is 5.60. The lowest BCUT2D eigenvalue weighted by Crippen LogP contribution is -2.04. The molecule has 0 amide bonds. The minimum Gasteiger partial charge on any atom is -0.494 e. The highest BCUT2D eigenvalue weighted by molar-refractivity contribution is 7.99. The van der Waals surface area contributed by atoms with Crippen molar-refractivity contribution in [3.63, 3.8) is 0 Å². The lowest BCUT2D eigenvalue weighted by atomic mass is 10.1. The van der Waals surface area contributed by atoms with E-state index in [0.29, 0.717) is 6.61 Å². The average Bonchev–Trinajstić information content (AvgIpc) is 3.18. The minimum absolute atomic E-state index is 0.653. The third-order valence-corrected chi connectivity index (χ3v) is 5.56. The van der Waals surface area contributed by atoms with Crippen molar-refractivity contribution in [3.05, 3.63) is 96.1 Å². The van der Waals surface area contributed by atoms with Crippen molar-refractivity contribution in [1.82, 2.24) is 19.7 Å². The second kappa shape index (κ2) is 10.1. The fourth-order valence-corrected chi connectivity index (χ4v) is 4.13. The molecule has 5 nitrogen and oxygen atoms in total. The van der Waals surface area contributed by atoms with E-state index in [1.165, 1.54) is 5.56 Å². The Morgan fingerprint density at radius 2 is 1.70 bits per heavy atom. The minimum atomic E-state index is 0.653. The zero-order valence-corrected chi connectivity index (χ0v) is 17.8. The first-order valence-electron chi connectivity index (χ1n) is 10.1. The van der Waals surface area contributed by atoms with Gasteiger partial charge in [0.05, 0.1) is 6.61 Å². The van der Waals surface area contributed by atoms with Crippen LogP contribution in [0, 0.1) is 0 Å². The first-order valence-corrected chi connectivity index (χ1v) is 11.1. The summed E-state index contributed by atoms with van der Waals surface area (Å²) in [7, 11) is 0. The van der Waals surface area contributed by atoms with Gasteiger partial charge in [-0.2, -0.15) is 0 Å². The fraction of sp³-hybridized carbons (Fsp3) is 0.208. The highest BCUT2D eigenvalue weighted by atomic mass is 32.2. The molecule has 2 aromatic carbocycles. The topological polar surface area (TPSA) is 52.8 Å². The summed E-state index contributed by atoms with van der Waals surface area (Å²) in [6, 6.07) is 24.5. The van der Waals surface area contributed by atoms with E-state index < -0.39 is 0 Å². The second-order valence-corrected chi connectivity index (χ2v) is 7.81. The number of hydrogen-bond acceptors (Lipinski definition) is 5. The summed E-state index contributed by atoms with van der Waals surface area (Å²) in [6.07, 6.45) is 3.44. The first-order chi connectivity index (χ1) is 14.8. The Labute approximate surface area is 181 Å². The van der Waals surface area contributed by atoms with Gasteiger partial charge < -0.3 is 4.74 Å². The Balaban J connectivity index is 1.58. The van der Waals surface area contributed by atoms with Gasteiger partial charge in [0.1, 0.15) is 11.6 Å². The quantitative estimate of drug-likeness (QED) is 0.360. The van der Waals surface area contributed by atoms with Crippen LogP contribution in [-0.2, 0) is 12.8 Å². The van der Waals surface area contributed by atoms with E-state index >= 15 is 0 Å². The number of nitrogens with zero attached hydrogens (tertiary/aromatic N) is 4.